The summed E-state index contributed by atoms with van der Waals surface area (Å²) in [7, 11) is 0. The molecule has 1 fully saturated rings. The van der Waals surface area contributed by atoms with Crippen LogP contribution in [-0.2, 0) is 15.9 Å². The summed E-state index contributed by atoms with van der Waals surface area (Å²) in [5.41, 5.74) is 1.21. The number of rotatable bonds is 9. The van der Waals surface area contributed by atoms with E-state index >= 15 is 0 Å². The molecule has 1 aromatic rings. The van der Waals surface area contributed by atoms with E-state index in [9.17, 15) is 0 Å². The SMILES string of the molecule is CCNC(=NCCCOC1CCOC1)NCCc1ccc2c(c1)OCO2.I. The molecule has 1 atom stereocenters. The Morgan fingerprint density at radius 2 is 2.15 bits per heavy atom. The van der Waals surface area contributed by atoms with Crippen molar-refractivity contribution in [1.82, 2.24) is 10.6 Å². The summed E-state index contributed by atoms with van der Waals surface area (Å²) < 4.78 is 21.8. The summed E-state index contributed by atoms with van der Waals surface area (Å²) in [4.78, 5) is 4.61. The molecule has 0 aromatic heterocycles. The third-order valence-corrected chi connectivity index (χ3v) is 4.30. The Kier molecular flexibility index (Phi) is 10.00. The van der Waals surface area contributed by atoms with Gasteiger partial charge in [0.2, 0.25) is 6.79 Å². The van der Waals surface area contributed by atoms with Crippen molar-refractivity contribution in [2.45, 2.75) is 32.3 Å². The number of halogens is 1. The van der Waals surface area contributed by atoms with Crippen molar-refractivity contribution in [3.05, 3.63) is 23.8 Å². The minimum absolute atomic E-state index is 0. The lowest BCUT2D eigenvalue weighted by Crippen LogP contribution is -2.38. The molecule has 1 aromatic carbocycles. The van der Waals surface area contributed by atoms with Crippen LogP contribution in [-0.4, -0.2) is 58.3 Å². The van der Waals surface area contributed by atoms with Crippen molar-refractivity contribution >= 4 is 29.9 Å². The average Bonchev–Trinajstić information content (AvgIpc) is 3.32. The largest absolute Gasteiger partial charge is 0.454 e. The van der Waals surface area contributed by atoms with Crippen LogP contribution in [0.15, 0.2) is 23.2 Å². The lowest BCUT2D eigenvalue weighted by Gasteiger charge is -2.12. The van der Waals surface area contributed by atoms with E-state index in [0.29, 0.717) is 6.79 Å². The predicted octanol–water partition coefficient (Wildman–Crippen LogP) is 2.33. The van der Waals surface area contributed by atoms with Gasteiger partial charge in [0.25, 0.3) is 0 Å². The summed E-state index contributed by atoms with van der Waals surface area (Å²) in [6.45, 7) is 7.05. The summed E-state index contributed by atoms with van der Waals surface area (Å²) in [6, 6.07) is 6.08. The molecule has 8 heteroatoms. The average molecular weight is 491 g/mol. The maximum atomic E-state index is 5.76. The number of nitrogens with one attached hydrogen (secondary N) is 2. The Bertz CT molecular complexity index is 594. The van der Waals surface area contributed by atoms with Gasteiger partial charge in [-0.2, -0.15) is 0 Å². The summed E-state index contributed by atoms with van der Waals surface area (Å²) in [5, 5.41) is 6.65. The van der Waals surface area contributed by atoms with Crippen molar-refractivity contribution in [1.29, 1.82) is 0 Å². The van der Waals surface area contributed by atoms with E-state index in [1.165, 1.54) is 5.56 Å². The minimum atomic E-state index is 0. The van der Waals surface area contributed by atoms with E-state index in [-0.39, 0.29) is 30.1 Å². The highest BCUT2D eigenvalue weighted by atomic mass is 127. The quantitative estimate of drug-likeness (QED) is 0.239. The van der Waals surface area contributed by atoms with Crippen LogP contribution >= 0.6 is 24.0 Å². The molecule has 0 bridgehead atoms. The summed E-state index contributed by atoms with van der Waals surface area (Å²) in [6.07, 6.45) is 3.08. The molecule has 2 heterocycles. The Labute approximate surface area is 178 Å². The molecule has 3 rings (SSSR count). The normalized spacial score (nSPS) is 18.3. The molecule has 2 aliphatic heterocycles. The van der Waals surface area contributed by atoms with Crippen molar-refractivity contribution in [2.75, 3.05) is 46.2 Å². The number of benzene rings is 1. The first-order valence-electron chi connectivity index (χ1n) is 9.45. The zero-order valence-electron chi connectivity index (χ0n) is 15.9. The first-order chi connectivity index (χ1) is 12.8. The van der Waals surface area contributed by atoms with Gasteiger partial charge in [0.1, 0.15) is 0 Å². The molecule has 152 valence electrons. The van der Waals surface area contributed by atoms with Crippen LogP contribution in [0.5, 0.6) is 11.5 Å². The van der Waals surface area contributed by atoms with E-state index in [1.807, 2.05) is 12.1 Å². The number of fused-ring (bicyclic) bond motifs is 1. The molecular weight excluding hydrogens is 461 g/mol. The van der Waals surface area contributed by atoms with Gasteiger partial charge in [-0.3, -0.25) is 4.99 Å². The number of guanidine groups is 1. The zero-order chi connectivity index (χ0) is 18.0. The predicted molar refractivity (Wildman–Crippen MR) is 115 cm³/mol. The van der Waals surface area contributed by atoms with E-state index in [2.05, 4.69) is 28.6 Å². The second-order valence-electron chi connectivity index (χ2n) is 6.33. The Balaban J connectivity index is 0.00000261. The molecule has 1 unspecified atom stereocenters. The number of hydrogen-bond acceptors (Lipinski definition) is 5. The molecule has 7 nitrogen and oxygen atoms in total. The minimum Gasteiger partial charge on any atom is -0.454 e. The molecule has 2 N–H and O–H groups in total. The summed E-state index contributed by atoms with van der Waals surface area (Å²) >= 11 is 0. The topological polar surface area (TPSA) is 73.3 Å². The van der Waals surface area contributed by atoms with Crippen LogP contribution in [0.3, 0.4) is 0 Å². The highest BCUT2D eigenvalue weighted by molar-refractivity contribution is 14.0. The monoisotopic (exact) mass is 491 g/mol. The van der Waals surface area contributed by atoms with Gasteiger partial charge in [-0.15, -0.1) is 24.0 Å². The first kappa shape index (κ1) is 22.0. The smallest absolute Gasteiger partial charge is 0.231 e. The standard InChI is InChI=1S/C19H29N3O4.HI/c1-2-20-19(21-8-3-10-24-16-7-11-23-13-16)22-9-6-15-4-5-17-18(12-15)26-14-25-17;/h4-5,12,16H,2-3,6-11,13-14H2,1H3,(H2,20,21,22);1H. The zero-order valence-corrected chi connectivity index (χ0v) is 18.2. The number of hydrogen-bond donors (Lipinski definition) is 2. The fourth-order valence-corrected chi connectivity index (χ4v) is 2.91. The van der Waals surface area contributed by atoms with Crippen LogP contribution < -0.4 is 20.1 Å². The molecule has 0 radical (unpaired) electrons. The fraction of sp³-hybridized carbons (Fsp3) is 0.632. The highest BCUT2D eigenvalue weighted by Crippen LogP contribution is 2.32. The highest BCUT2D eigenvalue weighted by Gasteiger charge is 2.15. The van der Waals surface area contributed by atoms with Gasteiger partial charge in [-0.1, -0.05) is 6.07 Å². The maximum Gasteiger partial charge on any atom is 0.231 e. The Hall–Kier alpha value is -1.26. The Morgan fingerprint density at radius 3 is 2.96 bits per heavy atom. The van der Waals surface area contributed by atoms with Crippen molar-refractivity contribution in [3.8, 4) is 11.5 Å². The molecule has 27 heavy (non-hydrogen) atoms. The lowest BCUT2D eigenvalue weighted by atomic mass is 10.1. The van der Waals surface area contributed by atoms with E-state index in [4.69, 9.17) is 18.9 Å². The summed E-state index contributed by atoms with van der Waals surface area (Å²) in [5.74, 6) is 2.50. The molecule has 0 saturated carbocycles. The van der Waals surface area contributed by atoms with Crippen LogP contribution in [0.2, 0.25) is 0 Å². The van der Waals surface area contributed by atoms with Crippen molar-refractivity contribution < 1.29 is 18.9 Å². The first-order valence-corrected chi connectivity index (χ1v) is 9.45. The second kappa shape index (κ2) is 12.2. The number of nitrogens with zero attached hydrogens (tertiary/aromatic N) is 1. The fourth-order valence-electron chi connectivity index (χ4n) is 2.91. The van der Waals surface area contributed by atoms with Gasteiger partial charge in [0.05, 0.1) is 12.7 Å². The molecule has 2 aliphatic rings. The van der Waals surface area contributed by atoms with Gasteiger partial charge in [-0.25, -0.2) is 0 Å². The van der Waals surface area contributed by atoms with Gasteiger partial charge in [0.15, 0.2) is 17.5 Å². The number of ether oxygens (including phenoxy) is 4. The molecule has 0 spiro atoms. The lowest BCUT2D eigenvalue weighted by molar-refractivity contribution is 0.0424. The van der Waals surface area contributed by atoms with Gasteiger partial charge in [-0.05, 0) is 43.9 Å². The molecular formula is C19H30IN3O4. The second-order valence-corrected chi connectivity index (χ2v) is 6.33. The van der Waals surface area contributed by atoms with E-state index in [0.717, 1.165) is 76.2 Å². The van der Waals surface area contributed by atoms with Crippen LogP contribution in [0, 0.1) is 0 Å². The van der Waals surface area contributed by atoms with E-state index < -0.39 is 0 Å². The third kappa shape index (κ3) is 7.34. The van der Waals surface area contributed by atoms with E-state index in [1.54, 1.807) is 0 Å². The maximum absolute atomic E-state index is 5.76. The van der Waals surface area contributed by atoms with Crippen LogP contribution in [0.1, 0.15) is 25.3 Å². The molecule has 1 saturated heterocycles. The number of aliphatic imine (C=N–C) groups is 1. The molecule has 0 aliphatic carbocycles. The molecule has 0 amide bonds. The van der Waals surface area contributed by atoms with Gasteiger partial charge in [0, 0.05) is 32.8 Å². The Morgan fingerprint density at radius 1 is 1.26 bits per heavy atom. The van der Waals surface area contributed by atoms with Crippen LogP contribution in [0.25, 0.3) is 0 Å². The van der Waals surface area contributed by atoms with Crippen molar-refractivity contribution in [2.24, 2.45) is 4.99 Å². The third-order valence-electron chi connectivity index (χ3n) is 4.30. The van der Waals surface area contributed by atoms with Crippen LogP contribution in [0.4, 0.5) is 0 Å². The van der Waals surface area contributed by atoms with Crippen molar-refractivity contribution in [3.63, 3.8) is 0 Å². The van der Waals surface area contributed by atoms with Gasteiger partial charge < -0.3 is 29.6 Å². The van der Waals surface area contributed by atoms with Gasteiger partial charge >= 0.3 is 0 Å².